The number of aliphatic hydroxyl groups excluding tert-OH is 1. The van der Waals surface area contributed by atoms with Gasteiger partial charge in [0.25, 0.3) is 0 Å². The number of hydrogen-bond donors (Lipinski definition) is 1. The molecule has 3 atom stereocenters. The van der Waals surface area contributed by atoms with Crippen LogP contribution in [-0.4, -0.2) is 11.2 Å². The van der Waals surface area contributed by atoms with Crippen LogP contribution in [0.4, 0.5) is 0 Å². The Balaban J connectivity index is 2.38. The van der Waals surface area contributed by atoms with Gasteiger partial charge in [-0.1, -0.05) is 26.0 Å². The van der Waals surface area contributed by atoms with Gasteiger partial charge >= 0.3 is 0 Å². The Morgan fingerprint density at radius 1 is 1.45 bits per heavy atom. The lowest BCUT2D eigenvalue weighted by molar-refractivity contribution is 0.104. The first-order valence-electron chi connectivity index (χ1n) is 4.42. The van der Waals surface area contributed by atoms with Crippen molar-refractivity contribution in [3.05, 3.63) is 12.2 Å². The molecule has 11 heavy (non-hydrogen) atoms. The Labute approximate surface area is 68.1 Å². The van der Waals surface area contributed by atoms with E-state index >= 15 is 0 Å². The van der Waals surface area contributed by atoms with Crippen LogP contribution in [0.5, 0.6) is 0 Å². The summed E-state index contributed by atoms with van der Waals surface area (Å²) in [6.45, 7) is 8.50. The average molecular weight is 152 g/mol. The van der Waals surface area contributed by atoms with E-state index in [1.54, 1.807) is 0 Å². The Hall–Kier alpha value is -0.300. The third-order valence-corrected chi connectivity index (χ3v) is 3.82. The van der Waals surface area contributed by atoms with Gasteiger partial charge in [-0.05, 0) is 24.2 Å². The van der Waals surface area contributed by atoms with Gasteiger partial charge in [0.15, 0.2) is 0 Å². The van der Waals surface area contributed by atoms with Crippen molar-refractivity contribution in [2.45, 2.75) is 32.8 Å². The van der Waals surface area contributed by atoms with Crippen molar-refractivity contribution in [1.82, 2.24) is 0 Å². The summed E-state index contributed by atoms with van der Waals surface area (Å²) in [6, 6.07) is 0. The van der Waals surface area contributed by atoms with E-state index in [4.69, 9.17) is 0 Å². The Morgan fingerprint density at radius 2 is 2.09 bits per heavy atom. The molecule has 0 saturated heterocycles. The molecule has 2 aliphatic rings. The predicted octanol–water partition coefficient (Wildman–Crippen LogP) is 1.97. The molecule has 0 aromatic carbocycles. The van der Waals surface area contributed by atoms with Crippen LogP contribution in [-0.2, 0) is 0 Å². The Kier molecular flexibility index (Phi) is 1.26. The second kappa shape index (κ2) is 1.89. The summed E-state index contributed by atoms with van der Waals surface area (Å²) in [5, 5.41) is 9.77. The molecule has 2 saturated carbocycles. The Morgan fingerprint density at radius 3 is 2.36 bits per heavy atom. The van der Waals surface area contributed by atoms with E-state index in [1.165, 1.54) is 12.0 Å². The molecule has 1 N–H and O–H groups in total. The van der Waals surface area contributed by atoms with Crippen molar-refractivity contribution < 1.29 is 5.11 Å². The zero-order chi connectivity index (χ0) is 8.22. The monoisotopic (exact) mass is 152 g/mol. The highest BCUT2D eigenvalue weighted by Crippen LogP contribution is 2.58. The van der Waals surface area contributed by atoms with Crippen LogP contribution in [0.3, 0.4) is 0 Å². The predicted molar refractivity (Wildman–Crippen MR) is 45.1 cm³/mol. The molecule has 1 nitrogen and oxygen atoms in total. The summed E-state index contributed by atoms with van der Waals surface area (Å²) in [5.41, 5.74) is 1.48. The number of fused-ring (bicyclic) bond motifs is 2. The average Bonchev–Trinajstić information content (AvgIpc) is 2.34. The molecule has 0 radical (unpaired) electrons. The first-order valence-corrected chi connectivity index (χ1v) is 4.42. The molecule has 2 aliphatic carbocycles. The van der Waals surface area contributed by atoms with E-state index in [0.29, 0.717) is 11.8 Å². The second-order valence-corrected chi connectivity index (χ2v) is 4.53. The number of aliphatic hydroxyl groups is 1. The van der Waals surface area contributed by atoms with E-state index in [0.717, 1.165) is 6.42 Å². The van der Waals surface area contributed by atoms with Crippen molar-refractivity contribution in [3.63, 3.8) is 0 Å². The van der Waals surface area contributed by atoms with Crippen LogP contribution in [0.1, 0.15) is 26.7 Å². The van der Waals surface area contributed by atoms with Crippen molar-refractivity contribution >= 4 is 0 Å². The summed E-state index contributed by atoms with van der Waals surface area (Å²) in [5.74, 6) is 0.898. The van der Waals surface area contributed by atoms with Crippen LogP contribution in [0, 0.1) is 17.3 Å². The maximum atomic E-state index is 9.77. The fourth-order valence-electron chi connectivity index (χ4n) is 2.87. The van der Waals surface area contributed by atoms with Crippen molar-refractivity contribution in [3.8, 4) is 0 Å². The topological polar surface area (TPSA) is 20.2 Å². The third-order valence-electron chi connectivity index (χ3n) is 3.82. The largest absolute Gasteiger partial charge is 0.392 e. The van der Waals surface area contributed by atoms with E-state index in [-0.39, 0.29) is 11.5 Å². The quantitative estimate of drug-likeness (QED) is 0.526. The molecule has 0 unspecified atom stereocenters. The molecule has 0 aliphatic heterocycles. The zero-order valence-corrected chi connectivity index (χ0v) is 7.30. The van der Waals surface area contributed by atoms with Gasteiger partial charge in [0.1, 0.15) is 0 Å². The van der Waals surface area contributed by atoms with Gasteiger partial charge in [0.2, 0.25) is 0 Å². The molecule has 0 aromatic rings. The van der Waals surface area contributed by atoms with Crippen LogP contribution < -0.4 is 0 Å². The van der Waals surface area contributed by atoms with Crippen LogP contribution in [0.25, 0.3) is 0 Å². The lowest BCUT2D eigenvalue weighted by Gasteiger charge is -2.31. The van der Waals surface area contributed by atoms with E-state index < -0.39 is 0 Å². The van der Waals surface area contributed by atoms with Gasteiger partial charge < -0.3 is 5.11 Å². The highest BCUT2D eigenvalue weighted by atomic mass is 16.3. The van der Waals surface area contributed by atoms with E-state index in [1.807, 2.05) is 0 Å². The molecule has 0 heterocycles. The van der Waals surface area contributed by atoms with Gasteiger partial charge in [0, 0.05) is 5.92 Å². The van der Waals surface area contributed by atoms with Gasteiger partial charge in [-0.25, -0.2) is 0 Å². The van der Waals surface area contributed by atoms with Crippen LogP contribution in [0.2, 0.25) is 0 Å². The first kappa shape index (κ1) is 7.35. The minimum Gasteiger partial charge on any atom is -0.392 e. The lowest BCUT2D eigenvalue weighted by Crippen LogP contribution is -2.24. The molecule has 0 amide bonds. The van der Waals surface area contributed by atoms with Crippen molar-refractivity contribution in [2.75, 3.05) is 0 Å². The minimum absolute atomic E-state index is 0.0856. The normalized spacial score (nSPS) is 46.8. The van der Waals surface area contributed by atoms with Gasteiger partial charge in [-0.15, -0.1) is 0 Å². The highest BCUT2D eigenvalue weighted by molar-refractivity contribution is 5.26. The zero-order valence-electron chi connectivity index (χ0n) is 7.30. The molecule has 2 fully saturated rings. The van der Waals surface area contributed by atoms with Gasteiger partial charge in [-0.2, -0.15) is 0 Å². The summed E-state index contributed by atoms with van der Waals surface area (Å²) in [7, 11) is 0. The minimum atomic E-state index is -0.0856. The molecular formula is C10H16O. The molecular weight excluding hydrogens is 136 g/mol. The highest BCUT2D eigenvalue weighted by Gasteiger charge is 2.54. The molecule has 0 spiro atoms. The van der Waals surface area contributed by atoms with E-state index in [9.17, 15) is 5.11 Å². The van der Waals surface area contributed by atoms with Crippen LogP contribution in [0.15, 0.2) is 12.2 Å². The van der Waals surface area contributed by atoms with Gasteiger partial charge in [-0.3, -0.25) is 0 Å². The summed E-state index contributed by atoms with van der Waals surface area (Å²) in [6.07, 6.45) is 2.27. The summed E-state index contributed by atoms with van der Waals surface area (Å²) < 4.78 is 0. The number of hydrogen-bond acceptors (Lipinski definition) is 1. The Bertz CT molecular complexity index is 205. The molecule has 62 valence electrons. The molecule has 2 bridgehead atoms. The standard InChI is InChI=1S/C10H16O/c1-6-7-4-5-8(9(7)11)10(6,2)3/h7-9,11H,1,4-5H2,2-3H3/t7-,8-,9-/m1/s1. The summed E-state index contributed by atoms with van der Waals surface area (Å²) >= 11 is 0. The maximum Gasteiger partial charge on any atom is 0.0641 e. The van der Waals surface area contributed by atoms with Crippen molar-refractivity contribution in [2.24, 2.45) is 17.3 Å². The summed E-state index contributed by atoms with van der Waals surface area (Å²) in [4.78, 5) is 0. The smallest absolute Gasteiger partial charge is 0.0641 e. The molecule has 1 heteroatoms. The fourth-order valence-corrected chi connectivity index (χ4v) is 2.87. The molecule has 2 rings (SSSR count). The maximum absolute atomic E-state index is 9.77. The molecule has 0 aromatic heterocycles. The van der Waals surface area contributed by atoms with Crippen molar-refractivity contribution in [1.29, 1.82) is 0 Å². The lowest BCUT2D eigenvalue weighted by atomic mass is 9.73. The SMILES string of the molecule is C=C1[C@H]2CC[C@H]([C@@H]2O)C1(C)C. The first-order chi connectivity index (χ1) is 5.05. The van der Waals surface area contributed by atoms with E-state index in [2.05, 4.69) is 20.4 Å². The van der Waals surface area contributed by atoms with Crippen LogP contribution >= 0.6 is 0 Å². The third kappa shape index (κ3) is 0.698. The second-order valence-electron chi connectivity index (χ2n) is 4.53. The number of rotatable bonds is 0. The van der Waals surface area contributed by atoms with Gasteiger partial charge in [0.05, 0.1) is 6.10 Å². The fraction of sp³-hybridized carbons (Fsp3) is 0.800.